The minimum absolute atomic E-state index is 0.224. The van der Waals surface area contributed by atoms with Crippen LogP contribution in [0.2, 0.25) is 5.02 Å². The molecule has 1 aromatic carbocycles. The van der Waals surface area contributed by atoms with Crippen molar-refractivity contribution < 1.29 is 9.53 Å². The van der Waals surface area contributed by atoms with Gasteiger partial charge in [-0.2, -0.15) is 0 Å². The molecule has 0 bridgehead atoms. The molecule has 1 aliphatic rings. The van der Waals surface area contributed by atoms with Gasteiger partial charge in [-0.1, -0.05) is 11.6 Å². The Morgan fingerprint density at radius 3 is 2.60 bits per heavy atom. The number of aryl methyl sites for hydroxylation is 1. The molecule has 30 heavy (non-hydrogen) atoms. The molecule has 3 heterocycles. The summed E-state index contributed by atoms with van der Waals surface area (Å²) in [4.78, 5) is 43.3. The Morgan fingerprint density at radius 1 is 1.20 bits per heavy atom. The number of aromatic amines is 1. The summed E-state index contributed by atoms with van der Waals surface area (Å²) >= 11 is 5.90. The molecular formula is C20H22ClN5O4. The van der Waals surface area contributed by atoms with Gasteiger partial charge in [-0.15, -0.1) is 0 Å². The van der Waals surface area contributed by atoms with E-state index in [1.54, 1.807) is 42.1 Å². The lowest BCUT2D eigenvalue weighted by Gasteiger charge is -2.26. The molecule has 0 aliphatic carbocycles. The molecule has 1 amide bonds. The van der Waals surface area contributed by atoms with Crippen LogP contribution < -0.4 is 16.6 Å². The van der Waals surface area contributed by atoms with E-state index in [9.17, 15) is 14.4 Å². The monoisotopic (exact) mass is 431 g/mol. The SMILES string of the molecule is Cn1cc(C(=O)NCCN2CCOCC2)c2[nH]c(=O)n(-c3ccc(Cl)cc3)c(=O)c21. The van der Waals surface area contributed by atoms with Crippen molar-refractivity contribution in [2.24, 2.45) is 7.05 Å². The van der Waals surface area contributed by atoms with E-state index in [-0.39, 0.29) is 22.5 Å². The zero-order valence-corrected chi connectivity index (χ0v) is 17.2. The molecule has 0 spiro atoms. The van der Waals surface area contributed by atoms with Crippen LogP contribution in [0.25, 0.3) is 16.7 Å². The summed E-state index contributed by atoms with van der Waals surface area (Å²) in [5.41, 5.74) is -0.0176. The summed E-state index contributed by atoms with van der Waals surface area (Å²) in [6.45, 7) is 4.22. The summed E-state index contributed by atoms with van der Waals surface area (Å²) in [5, 5.41) is 3.36. The molecule has 10 heteroatoms. The largest absolute Gasteiger partial charge is 0.379 e. The molecular weight excluding hydrogens is 410 g/mol. The van der Waals surface area contributed by atoms with Gasteiger partial charge < -0.3 is 19.6 Å². The lowest BCUT2D eigenvalue weighted by molar-refractivity contribution is 0.0383. The first kappa shape index (κ1) is 20.4. The van der Waals surface area contributed by atoms with Crippen LogP contribution in [0.4, 0.5) is 0 Å². The number of hydrogen-bond donors (Lipinski definition) is 2. The third kappa shape index (κ3) is 3.91. The zero-order chi connectivity index (χ0) is 21.3. The highest BCUT2D eigenvalue weighted by Crippen LogP contribution is 2.16. The lowest BCUT2D eigenvalue weighted by atomic mass is 10.2. The third-order valence-corrected chi connectivity index (χ3v) is 5.42. The Bertz CT molecular complexity index is 1190. The average Bonchev–Trinajstić information content (AvgIpc) is 3.06. The number of morpholine rings is 1. The van der Waals surface area contributed by atoms with E-state index in [1.807, 2.05) is 0 Å². The Morgan fingerprint density at radius 2 is 1.90 bits per heavy atom. The van der Waals surface area contributed by atoms with Gasteiger partial charge in [-0.3, -0.25) is 14.5 Å². The Balaban J connectivity index is 1.62. The van der Waals surface area contributed by atoms with E-state index in [0.717, 1.165) is 17.7 Å². The zero-order valence-electron chi connectivity index (χ0n) is 16.5. The number of benzene rings is 1. The number of ether oxygens (including phenoxy) is 1. The highest BCUT2D eigenvalue weighted by Gasteiger charge is 2.20. The maximum atomic E-state index is 13.1. The van der Waals surface area contributed by atoms with E-state index < -0.39 is 11.2 Å². The number of carbonyl (C=O) groups excluding carboxylic acids is 1. The minimum atomic E-state index is -0.622. The van der Waals surface area contributed by atoms with Gasteiger partial charge in [-0.05, 0) is 24.3 Å². The van der Waals surface area contributed by atoms with Crippen LogP contribution in [0.3, 0.4) is 0 Å². The molecule has 1 aliphatic heterocycles. The number of nitrogens with one attached hydrogen (secondary N) is 2. The van der Waals surface area contributed by atoms with Gasteiger partial charge in [0, 0.05) is 44.4 Å². The fourth-order valence-corrected chi connectivity index (χ4v) is 3.74. The van der Waals surface area contributed by atoms with Crippen LogP contribution in [0.5, 0.6) is 0 Å². The van der Waals surface area contributed by atoms with Gasteiger partial charge in [0.15, 0.2) is 0 Å². The van der Waals surface area contributed by atoms with E-state index in [2.05, 4.69) is 15.2 Å². The first-order valence-electron chi connectivity index (χ1n) is 9.64. The summed E-state index contributed by atoms with van der Waals surface area (Å²) in [6.07, 6.45) is 1.55. The number of nitrogens with zero attached hydrogens (tertiary/aromatic N) is 3. The van der Waals surface area contributed by atoms with Crippen LogP contribution in [-0.4, -0.2) is 64.3 Å². The normalized spacial score (nSPS) is 14.9. The summed E-state index contributed by atoms with van der Waals surface area (Å²) < 4.78 is 7.89. The van der Waals surface area contributed by atoms with Gasteiger partial charge in [0.05, 0.1) is 30.0 Å². The molecule has 158 valence electrons. The second kappa shape index (κ2) is 8.47. The minimum Gasteiger partial charge on any atom is -0.379 e. The number of carbonyl (C=O) groups is 1. The first-order chi connectivity index (χ1) is 14.5. The van der Waals surface area contributed by atoms with Gasteiger partial charge in [-0.25, -0.2) is 9.36 Å². The van der Waals surface area contributed by atoms with E-state index >= 15 is 0 Å². The standard InChI is InChI=1S/C20H22ClN5O4/c1-24-12-15(18(27)22-6-7-25-8-10-30-11-9-25)16-17(24)19(28)26(20(29)23-16)14-4-2-13(21)3-5-14/h2-5,12H,6-11H2,1H3,(H,22,27)(H,23,29). The predicted octanol–water partition coefficient (Wildman–Crippen LogP) is 0.733. The van der Waals surface area contributed by atoms with Crippen LogP contribution in [-0.2, 0) is 11.8 Å². The molecule has 4 rings (SSSR count). The van der Waals surface area contributed by atoms with Gasteiger partial charge in [0.25, 0.3) is 11.5 Å². The second-order valence-corrected chi connectivity index (χ2v) is 7.57. The predicted molar refractivity (Wildman–Crippen MR) is 114 cm³/mol. The maximum Gasteiger partial charge on any atom is 0.333 e. The van der Waals surface area contributed by atoms with Crippen molar-refractivity contribution in [2.75, 3.05) is 39.4 Å². The third-order valence-electron chi connectivity index (χ3n) is 5.17. The molecule has 9 nitrogen and oxygen atoms in total. The van der Waals surface area contributed by atoms with Crippen molar-refractivity contribution >= 4 is 28.5 Å². The Hall–Kier alpha value is -2.88. The first-order valence-corrected chi connectivity index (χ1v) is 10.0. The summed E-state index contributed by atoms with van der Waals surface area (Å²) in [6, 6.07) is 6.39. The van der Waals surface area contributed by atoms with Gasteiger partial charge >= 0.3 is 5.69 Å². The number of H-pyrrole nitrogens is 1. The van der Waals surface area contributed by atoms with Crippen LogP contribution in [0.1, 0.15) is 10.4 Å². The number of rotatable bonds is 5. The molecule has 0 unspecified atom stereocenters. The number of aromatic nitrogens is 3. The highest BCUT2D eigenvalue weighted by atomic mass is 35.5. The number of hydrogen-bond acceptors (Lipinski definition) is 5. The number of amides is 1. The molecule has 1 fully saturated rings. The van der Waals surface area contributed by atoms with E-state index in [0.29, 0.717) is 37.0 Å². The van der Waals surface area contributed by atoms with Gasteiger partial charge in [0.1, 0.15) is 5.52 Å². The van der Waals surface area contributed by atoms with Crippen LogP contribution in [0, 0.1) is 0 Å². The quantitative estimate of drug-likeness (QED) is 0.620. The molecule has 0 radical (unpaired) electrons. The number of fused-ring (bicyclic) bond motifs is 1. The summed E-state index contributed by atoms with van der Waals surface area (Å²) in [7, 11) is 1.67. The second-order valence-electron chi connectivity index (χ2n) is 7.13. The Labute approximate surface area is 176 Å². The topological polar surface area (TPSA) is 101 Å². The van der Waals surface area contributed by atoms with Crippen LogP contribution >= 0.6 is 11.6 Å². The maximum absolute atomic E-state index is 13.1. The molecule has 2 N–H and O–H groups in total. The Kier molecular flexibility index (Phi) is 5.76. The van der Waals surface area contributed by atoms with Crippen molar-refractivity contribution in [3.8, 4) is 5.69 Å². The lowest BCUT2D eigenvalue weighted by Crippen LogP contribution is -2.41. The van der Waals surface area contributed by atoms with Crippen LogP contribution in [0.15, 0.2) is 40.1 Å². The van der Waals surface area contributed by atoms with Crippen molar-refractivity contribution in [3.63, 3.8) is 0 Å². The number of halogens is 1. The molecule has 1 saturated heterocycles. The molecule has 3 aromatic rings. The highest BCUT2D eigenvalue weighted by molar-refractivity contribution is 6.30. The summed E-state index contributed by atoms with van der Waals surface area (Å²) in [5.74, 6) is -0.340. The smallest absolute Gasteiger partial charge is 0.333 e. The van der Waals surface area contributed by atoms with Crippen molar-refractivity contribution in [1.29, 1.82) is 0 Å². The van der Waals surface area contributed by atoms with E-state index in [1.165, 1.54) is 0 Å². The van der Waals surface area contributed by atoms with Gasteiger partial charge in [0.2, 0.25) is 0 Å². The van der Waals surface area contributed by atoms with Crippen molar-refractivity contribution in [3.05, 3.63) is 61.9 Å². The fourth-order valence-electron chi connectivity index (χ4n) is 3.62. The molecule has 2 aromatic heterocycles. The molecule has 0 saturated carbocycles. The average molecular weight is 432 g/mol. The van der Waals surface area contributed by atoms with Crippen molar-refractivity contribution in [1.82, 2.24) is 24.3 Å². The van der Waals surface area contributed by atoms with Crippen molar-refractivity contribution in [2.45, 2.75) is 0 Å². The van der Waals surface area contributed by atoms with E-state index in [4.69, 9.17) is 16.3 Å². The fraction of sp³-hybridized carbons (Fsp3) is 0.350. The molecule has 0 atom stereocenters.